The van der Waals surface area contributed by atoms with Crippen molar-refractivity contribution in [1.29, 1.82) is 0 Å². The first-order chi connectivity index (χ1) is 11.8. The lowest BCUT2D eigenvalue weighted by Crippen LogP contribution is -2.36. The number of hydrogen-bond donors (Lipinski definition) is 2. The zero-order valence-corrected chi connectivity index (χ0v) is 15.6. The Labute approximate surface area is 148 Å². The average Bonchev–Trinajstić information content (AvgIpc) is 3.16. The van der Waals surface area contributed by atoms with Gasteiger partial charge in [-0.2, -0.15) is 5.10 Å². The number of furan rings is 1. The second kappa shape index (κ2) is 6.65. The third-order valence-corrected chi connectivity index (χ3v) is 4.80. The molecule has 5 heteroatoms. The first kappa shape index (κ1) is 17.7. The number of aryl methyl sites for hydroxylation is 3. The fourth-order valence-electron chi connectivity index (χ4n) is 3.24. The molecular weight excluding hydrogens is 314 g/mol. The molecule has 0 amide bonds. The maximum atomic E-state index is 10.8. The van der Waals surface area contributed by atoms with Gasteiger partial charge in [-0.1, -0.05) is 18.6 Å². The van der Waals surface area contributed by atoms with Crippen LogP contribution in [0.2, 0.25) is 0 Å². The number of hydrogen-bond acceptors (Lipinski definition) is 4. The first-order valence-electron chi connectivity index (χ1n) is 8.78. The Hall–Kier alpha value is -2.11. The van der Waals surface area contributed by atoms with Crippen molar-refractivity contribution in [1.82, 2.24) is 15.1 Å². The predicted octanol–water partition coefficient (Wildman–Crippen LogP) is 3.60. The van der Waals surface area contributed by atoms with Gasteiger partial charge in [0, 0.05) is 36.3 Å². The van der Waals surface area contributed by atoms with E-state index in [0.717, 1.165) is 23.3 Å². The summed E-state index contributed by atoms with van der Waals surface area (Å²) in [5, 5.41) is 19.5. The van der Waals surface area contributed by atoms with E-state index in [1.54, 1.807) is 17.8 Å². The molecule has 0 saturated heterocycles. The van der Waals surface area contributed by atoms with Gasteiger partial charge >= 0.3 is 0 Å². The van der Waals surface area contributed by atoms with Crippen LogP contribution >= 0.6 is 0 Å². The molecule has 0 fully saturated rings. The van der Waals surface area contributed by atoms with Crippen LogP contribution in [0.1, 0.15) is 49.3 Å². The lowest BCUT2D eigenvalue weighted by Gasteiger charge is -2.24. The number of rotatable bonds is 6. The van der Waals surface area contributed by atoms with Crippen molar-refractivity contribution >= 4 is 11.0 Å². The maximum absolute atomic E-state index is 10.8. The molecule has 2 unspecified atom stereocenters. The van der Waals surface area contributed by atoms with E-state index >= 15 is 0 Å². The molecule has 0 aliphatic rings. The molecule has 134 valence electrons. The molecule has 0 spiro atoms. The molecule has 0 aliphatic carbocycles. The molecule has 0 saturated carbocycles. The number of fused-ring (bicyclic) bond motifs is 1. The summed E-state index contributed by atoms with van der Waals surface area (Å²) >= 11 is 0. The van der Waals surface area contributed by atoms with Gasteiger partial charge in [-0.15, -0.1) is 0 Å². The second-order valence-electron chi connectivity index (χ2n) is 7.08. The third-order valence-electron chi connectivity index (χ3n) is 4.80. The highest BCUT2D eigenvalue weighted by molar-refractivity contribution is 5.83. The van der Waals surface area contributed by atoms with Gasteiger partial charge < -0.3 is 14.8 Å². The number of benzene rings is 1. The van der Waals surface area contributed by atoms with E-state index in [1.807, 2.05) is 19.3 Å². The number of nitrogens with one attached hydrogen (secondary N) is 1. The zero-order chi connectivity index (χ0) is 18.2. The number of aliphatic hydroxyl groups is 1. The van der Waals surface area contributed by atoms with Crippen LogP contribution in [-0.2, 0) is 19.1 Å². The minimum atomic E-state index is -0.989. The highest BCUT2D eigenvalue weighted by Gasteiger charge is 2.27. The minimum Gasteiger partial charge on any atom is -0.459 e. The van der Waals surface area contributed by atoms with Crippen LogP contribution < -0.4 is 5.32 Å². The average molecular weight is 341 g/mol. The van der Waals surface area contributed by atoms with Gasteiger partial charge in [-0.05, 0) is 39.3 Å². The van der Waals surface area contributed by atoms with Crippen LogP contribution in [0.3, 0.4) is 0 Å². The summed E-state index contributed by atoms with van der Waals surface area (Å²) in [6.07, 6.45) is 4.46. The summed E-state index contributed by atoms with van der Waals surface area (Å²) in [6.45, 7) is 8.53. The molecule has 25 heavy (non-hydrogen) atoms. The van der Waals surface area contributed by atoms with Gasteiger partial charge in [0.15, 0.2) is 0 Å². The fraction of sp³-hybridized carbons (Fsp3) is 0.450. The molecule has 0 aliphatic heterocycles. The molecule has 2 heterocycles. The summed E-state index contributed by atoms with van der Waals surface area (Å²) in [6, 6.07) is 6.29. The summed E-state index contributed by atoms with van der Waals surface area (Å²) in [5.74, 6) is 0.949. The summed E-state index contributed by atoms with van der Waals surface area (Å²) in [5.41, 5.74) is 3.20. The van der Waals surface area contributed by atoms with Crippen LogP contribution in [0.5, 0.6) is 0 Å². The minimum absolute atomic E-state index is 0.00537. The Morgan fingerprint density at radius 2 is 2.16 bits per heavy atom. The predicted molar refractivity (Wildman–Crippen MR) is 99.5 cm³/mol. The molecule has 1 aromatic carbocycles. The topological polar surface area (TPSA) is 63.2 Å². The van der Waals surface area contributed by atoms with Gasteiger partial charge in [0.1, 0.15) is 16.9 Å². The maximum Gasteiger partial charge on any atom is 0.134 e. The Balaban J connectivity index is 1.81. The zero-order valence-electron chi connectivity index (χ0n) is 15.6. The van der Waals surface area contributed by atoms with Crippen LogP contribution in [0.25, 0.3) is 11.0 Å². The molecule has 3 aromatic rings. The van der Waals surface area contributed by atoms with Crippen molar-refractivity contribution in [3.05, 3.63) is 53.0 Å². The molecular formula is C20H27N3O2. The first-order valence-corrected chi connectivity index (χ1v) is 8.78. The van der Waals surface area contributed by atoms with Crippen LogP contribution in [0.15, 0.2) is 35.0 Å². The highest BCUT2D eigenvalue weighted by atomic mass is 16.3. The lowest BCUT2D eigenvalue weighted by molar-refractivity contribution is 0.0536. The van der Waals surface area contributed by atoms with Crippen molar-refractivity contribution in [2.45, 2.75) is 45.8 Å². The van der Waals surface area contributed by atoms with E-state index in [4.69, 9.17) is 4.42 Å². The second-order valence-corrected chi connectivity index (χ2v) is 7.08. The quantitative estimate of drug-likeness (QED) is 0.719. The molecule has 3 rings (SSSR count). The summed E-state index contributed by atoms with van der Waals surface area (Å²) in [4.78, 5) is 0. The number of aromatic nitrogens is 2. The van der Waals surface area contributed by atoms with E-state index in [2.05, 4.69) is 43.3 Å². The van der Waals surface area contributed by atoms with E-state index in [9.17, 15) is 5.11 Å². The summed E-state index contributed by atoms with van der Waals surface area (Å²) < 4.78 is 7.82. The fourth-order valence-corrected chi connectivity index (χ4v) is 3.24. The SMILES string of the molecule is CCc1c(C(C)NCC(C)(O)c2cnn(C)c2)oc2ccc(C)cc12. The lowest BCUT2D eigenvalue weighted by atomic mass is 9.98. The Morgan fingerprint density at radius 1 is 1.40 bits per heavy atom. The largest absolute Gasteiger partial charge is 0.459 e. The van der Waals surface area contributed by atoms with Crippen molar-refractivity contribution < 1.29 is 9.52 Å². The van der Waals surface area contributed by atoms with E-state index in [0.29, 0.717) is 6.54 Å². The van der Waals surface area contributed by atoms with E-state index in [1.165, 1.54) is 16.5 Å². The molecule has 0 bridgehead atoms. The Bertz CT molecular complexity index is 876. The van der Waals surface area contributed by atoms with Crippen molar-refractivity contribution in [2.75, 3.05) is 6.54 Å². The Kier molecular flexibility index (Phi) is 4.71. The van der Waals surface area contributed by atoms with Crippen molar-refractivity contribution in [3.63, 3.8) is 0 Å². The third kappa shape index (κ3) is 3.48. The Morgan fingerprint density at radius 3 is 2.80 bits per heavy atom. The normalized spacial score (nSPS) is 15.4. The van der Waals surface area contributed by atoms with E-state index in [-0.39, 0.29) is 6.04 Å². The smallest absolute Gasteiger partial charge is 0.134 e. The molecule has 0 radical (unpaired) electrons. The number of nitrogens with zero attached hydrogens (tertiary/aromatic N) is 2. The molecule has 2 atom stereocenters. The van der Waals surface area contributed by atoms with Crippen LogP contribution in [-0.4, -0.2) is 21.4 Å². The molecule has 2 aromatic heterocycles. The van der Waals surface area contributed by atoms with Gasteiger partial charge in [0.25, 0.3) is 0 Å². The van der Waals surface area contributed by atoms with Crippen molar-refractivity contribution in [2.24, 2.45) is 7.05 Å². The van der Waals surface area contributed by atoms with Gasteiger partial charge in [-0.25, -0.2) is 0 Å². The molecule has 2 N–H and O–H groups in total. The van der Waals surface area contributed by atoms with Gasteiger partial charge in [0.05, 0.1) is 12.2 Å². The standard InChI is InChI=1S/C20H27N3O2/c1-6-16-17-9-13(2)7-8-18(17)25-19(16)14(3)21-12-20(4,24)15-10-22-23(5)11-15/h7-11,14,21,24H,6,12H2,1-5H3. The van der Waals surface area contributed by atoms with Crippen LogP contribution in [0.4, 0.5) is 0 Å². The summed E-state index contributed by atoms with van der Waals surface area (Å²) in [7, 11) is 1.85. The van der Waals surface area contributed by atoms with Crippen LogP contribution in [0, 0.1) is 6.92 Å². The van der Waals surface area contributed by atoms with Gasteiger partial charge in [-0.3, -0.25) is 4.68 Å². The van der Waals surface area contributed by atoms with E-state index < -0.39 is 5.60 Å². The highest BCUT2D eigenvalue weighted by Crippen LogP contribution is 2.31. The van der Waals surface area contributed by atoms with Gasteiger partial charge in [0.2, 0.25) is 0 Å². The van der Waals surface area contributed by atoms with Crippen molar-refractivity contribution in [3.8, 4) is 0 Å². The monoisotopic (exact) mass is 341 g/mol. The molecule has 5 nitrogen and oxygen atoms in total.